The molecule has 0 aromatic heterocycles. The van der Waals surface area contributed by atoms with E-state index >= 15 is 0 Å². The zero-order valence-electron chi connectivity index (χ0n) is 11.8. The second kappa shape index (κ2) is 6.89. The Kier molecular flexibility index (Phi) is 5.19. The lowest BCUT2D eigenvalue weighted by atomic mass is 10.1. The van der Waals surface area contributed by atoms with Crippen molar-refractivity contribution >= 4 is 0 Å². The normalized spacial score (nSPS) is 18.3. The molecule has 0 radical (unpaired) electrons. The minimum Gasteiger partial charge on any atom is -0.492 e. The summed E-state index contributed by atoms with van der Waals surface area (Å²) >= 11 is 0. The van der Waals surface area contributed by atoms with Crippen LogP contribution in [0.25, 0.3) is 0 Å². The third kappa shape index (κ3) is 4.20. The van der Waals surface area contributed by atoms with Crippen molar-refractivity contribution in [3.8, 4) is 5.75 Å². The SMILES string of the molecule is Cc1ccc([C@H](C)O)c(OCCN2CCOCC2)c1. The van der Waals surface area contributed by atoms with E-state index in [1.807, 2.05) is 25.1 Å². The van der Waals surface area contributed by atoms with Crippen LogP contribution in [0, 0.1) is 6.92 Å². The predicted molar refractivity (Wildman–Crippen MR) is 74.6 cm³/mol. The van der Waals surface area contributed by atoms with Crippen molar-refractivity contribution in [2.45, 2.75) is 20.0 Å². The van der Waals surface area contributed by atoms with Crippen LogP contribution >= 0.6 is 0 Å². The molecule has 1 N–H and O–H groups in total. The van der Waals surface area contributed by atoms with Gasteiger partial charge in [0.2, 0.25) is 0 Å². The molecule has 1 atom stereocenters. The lowest BCUT2D eigenvalue weighted by Gasteiger charge is -2.26. The van der Waals surface area contributed by atoms with Crippen molar-refractivity contribution < 1.29 is 14.6 Å². The highest BCUT2D eigenvalue weighted by molar-refractivity contribution is 5.38. The molecule has 1 heterocycles. The summed E-state index contributed by atoms with van der Waals surface area (Å²) < 4.78 is 11.2. The molecule has 2 rings (SSSR count). The van der Waals surface area contributed by atoms with E-state index in [1.165, 1.54) is 0 Å². The molecule has 0 spiro atoms. The number of nitrogens with zero attached hydrogens (tertiary/aromatic N) is 1. The second-order valence-electron chi connectivity index (χ2n) is 5.02. The maximum absolute atomic E-state index is 9.74. The summed E-state index contributed by atoms with van der Waals surface area (Å²) in [6.07, 6.45) is -0.501. The van der Waals surface area contributed by atoms with E-state index < -0.39 is 6.10 Å². The number of morpholine rings is 1. The largest absolute Gasteiger partial charge is 0.492 e. The summed E-state index contributed by atoms with van der Waals surface area (Å²) in [5.74, 6) is 0.795. The van der Waals surface area contributed by atoms with E-state index in [1.54, 1.807) is 6.92 Å². The fraction of sp³-hybridized carbons (Fsp3) is 0.600. The molecule has 0 bridgehead atoms. The second-order valence-corrected chi connectivity index (χ2v) is 5.02. The first-order valence-electron chi connectivity index (χ1n) is 6.88. The van der Waals surface area contributed by atoms with Crippen LogP contribution in [0.2, 0.25) is 0 Å². The topological polar surface area (TPSA) is 41.9 Å². The van der Waals surface area contributed by atoms with E-state index in [0.29, 0.717) is 6.61 Å². The molecular formula is C15H23NO3. The summed E-state index contributed by atoms with van der Waals surface area (Å²) in [5.41, 5.74) is 2.00. The van der Waals surface area contributed by atoms with Crippen LogP contribution in [-0.4, -0.2) is 49.5 Å². The Bertz CT molecular complexity index is 400. The molecule has 106 valence electrons. The highest BCUT2D eigenvalue weighted by atomic mass is 16.5. The van der Waals surface area contributed by atoms with Gasteiger partial charge in [0, 0.05) is 25.2 Å². The standard InChI is InChI=1S/C15H23NO3/c1-12-3-4-14(13(2)17)15(11-12)19-10-7-16-5-8-18-9-6-16/h3-4,11,13,17H,5-10H2,1-2H3/t13-/m0/s1. The third-order valence-corrected chi connectivity index (χ3v) is 3.39. The van der Waals surface area contributed by atoms with Crippen LogP contribution in [0.5, 0.6) is 5.75 Å². The first-order chi connectivity index (χ1) is 9.16. The minimum absolute atomic E-state index is 0.501. The van der Waals surface area contributed by atoms with E-state index in [-0.39, 0.29) is 0 Å². The molecular weight excluding hydrogens is 242 g/mol. The van der Waals surface area contributed by atoms with E-state index in [9.17, 15) is 5.11 Å². The predicted octanol–water partition coefficient (Wildman–Crippen LogP) is 1.76. The van der Waals surface area contributed by atoms with Crippen LogP contribution in [0.3, 0.4) is 0 Å². The first-order valence-corrected chi connectivity index (χ1v) is 6.88. The van der Waals surface area contributed by atoms with Gasteiger partial charge in [-0.25, -0.2) is 0 Å². The fourth-order valence-electron chi connectivity index (χ4n) is 2.22. The molecule has 1 saturated heterocycles. The molecule has 1 fully saturated rings. The zero-order valence-corrected chi connectivity index (χ0v) is 11.8. The lowest BCUT2D eigenvalue weighted by Crippen LogP contribution is -2.38. The third-order valence-electron chi connectivity index (χ3n) is 3.39. The molecule has 4 nitrogen and oxygen atoms in total. The molecule has 1 aliphatic rings. The summed E-state index contributed by atoms with van der Waals surface area (Å²) in [7, 11) is 0. The summed E-state index contributed by atoms with van der Waals surface area (Å²) in [6, 6.07) is 5.92. The molecule has 0 unspecified atom stereocenters. The van der Waals surface area contributed by atoms with Gasteiger partial charge >= 0.3 is 0 Å². The van der Waals surface area contributed by atoms with Gasteiger partial charge in [0.05, 0.1) is 19.3 Å². The number of aryl methyl sites for hydroxylation is 1. The fourth-order valence-corrected chi connectivity index (χ4v) is 2.22. The zero-order chi connectivity index (χ0) is 13.7. The number of rotatable bonds is 5. The number of aliphatic hydroxyl groups is 1. The average Bonchev–Trinajstić information content (AvgIpc) is 2.39. The van der Waals surface area contributed by atoms with Crippen LogP contribution in [-0.2, 0) is 4.74 Å². The van der Waals surface area contributed by atoms with Gasteiger partial charge in [0.15, 0.2) is 0 Å². The number of hydrogen-bond donors (Lipinski definition) is 1. The minimum atomic E-state index is -0.501. The Balaban J connectivity index is 1.89. The van der Waals surface area contributed by atoms with Crippen LogP contribution in [0.1, 0.15) is 24.2 Å². The summed E-state index contributed by atoms with van der Waals surface area (Å²) in [5, 5.41) is 9.74. The van der Waals surface area contributed by atoms with Crippen molar-refractivity contribution in [3.05, 3.63) is 29.3 Å². The van der Waals surface area contributed by atoms with Crippen LogP contribution < -0.4 is 4.74 Å². The maximum Gasteiger partial charge on any atom is 0.125 e. The monoisotopic (exact) mass is 265 g/mol. The number of aliphatic hydroxyl groups excluding tert-OH is 1. The van der Waals surface area contributed by atoms with Crippen molar-refractivity contribution in [3.63, 3.8) is 0 Å². The molecule has 4 heteroatoms. The van der Waals surface area contributed by atoms with Gasteiger partial charge < -0.3 is 14.6 Å². The molecule has 19 heavy (non-hydrogen) atoms. The van der Waals surface area contributed by atoms with Gasteiger partial charge in [0.1, 0.15) is 12.4 Å². The Labute approximate surface area is 114 Å². The van der Waals surface area contributed by atoms with Crippen molar-refractivity contribution in [2.24, 2.45) is 0 Å². The number of ether oxygens (including phenoxy) is 2. The molecule has 1 aromatic carbocycles. The van der Waals surface area contributed by atoms with E-state index in [4.69, 9.17) is 9.47 Å². The first kappa shape index (κ1) is 14.3. The molecule has 0 amide bonds. The van der Waals surface area contributed by atoms with Crippen LogP contribution in [0.15, 0.2) is 18.2 Å². The lowest BCUT2D eigenvalue weighted by molar-refractivity contribution is 0.0320. The average molecular weight is 265 g/mol. The highest BCUT2D eigenvalue weighted by Gasteiger charge is 2.12. The summed E-state index contributed by atoms with van der Waals surface area (Å²) in [6.45, 7) is 8.90. The molecule has 0 saturated carbocycles. The Hall–Kier alpha value is -1.10. The van der Waals surface area contributed by atoms with Crippen LogP contribution in [0.4, 0.5) is 0 Å². The van der Waals surface area contributed by atoms with Crippen molar-refractivity contribution in [1.82, 2.24) is 4.90 Å². The summed E-state index contributed by atoms with van der Waals surface area (Å²) in [4.78, 5) is 2.33. The molecule has 0 aliphatic carbocycles. The van der Waals surface area contributed by atoms with Gasteiger partial charge in [-0.3, -0.25) is 4.90 Å². The van der Waals surface area contributed by atoms with Gasteiger partial charge in [-0.1, -0.05) is 12.1 Å². The number of hydrogen-bond acceptors (Lipinski definition) is 4. The highest BCUT2D eigenvalue weighted by Crippen LogP contribution is 2.26. The Morgan fingerprint density at radius 1 is 1.37 bits per heavy atom. The van der Waals surface area contributed by atoms with Gasteiger partial charge in [-0.15, -0.1) is 0 Å². The van der Waals surface area contributed by atoms with Crippen molar-refractivity contribution in [2.75, 3.05) is 39.5 Å². The Morgan fingerprint density at radius 2 is 2.11 bits per heavy atom. The number of benzene rings is 1. The van der Waals surface area contributed by atoms with Gasteiger partial charge in [-0.2, -0.15) is 0 Å². The van der Waals surface area contributed by atoms with Gasteiger partial charge in [-0.05, 0) is 25.5 Å². The van der Waals surface area contributed by atoms with E-state index in [2.05, 4.69) is 4.90 Å². The quantitative estimate of drug-likeness (QED) is 0.881. The van der Waals surface area contributed by atoms with Crippen molar-refractivity contribution in [1.29, 1.82) is 0 Å². The smallest absolute Gasteiger partial charge is 0.125 e. The molecule has 1 aliphatic heterocycles. The van der Waals surface area contributed by atoms with E-state index in [0.717, 1.165) is 49.7 Å². The maximum atomic E-state index is 9.74. The van der Waals surface area contributed by atoms with Gasteiger partial charge in [0.25, 0.3) is 0 Å². The Morgan fingerprint density at radius 3 is 2.79 bits per heavy atom. The molecule has 1 aromatic rings.